The van der Waals surface area contributed by atoms with E-state index in [1.165, 1.54) is 0 Å². The van der Waals surface area contributed by atoms with E-state index < -0.39 is 0 Å². The van der Waals surface area contributed by atoms with E-state index in [2.05, 4.69) is 13.8 Å². The summed E-state index contributed by atoms with van der Waals surface area (Å²) in [5, 5.41) is 0. The van der Waals surface area contributed by atoms with Gasteiger partial charge in [0.1, 0.15) is 6.10 Å². The maximum atomic E-state index is 11.6. The van der Waals surface area contributed by atoms with Gasteiger partial charge in [-0.2, -0.15) is 0 Å². The molecule has 0 rings (SSSR count). The Balaban J connectivity index is 4.12. The van der Waals surface area contributed by atoms with Crippen molar-refractivity contribution in [2.45, 2.75) is 46.1 Å². The van der Waals surface area contributed by atoms with E-state index in [4.69, 9.17) is 4.74 Å². The molecule has 72 valence electrons. The van der Waals surface area contributed by atoms with Gasteiger partial charge in [-0.15, -0.1) is 0 Å². The number of ketones is 1. The molecule has 0 spiro atoms. The highest BCUT2D eigenvalue weighted by atomic mass is 16.5. The molecule has 0 heterocycles. The van der Waals surface area contributed by atoms with Crippen LogP contribution in [-0.4, -0.2) is 19.0 Å². The molecule has 1 atom stereocenters. The summed E-state index contributed by atoms with van der Waals surface area (Å²) in [5.74, 6) is 0.458. The average molecular weight is 172 g/mol. The summed E-state index contributed by atoms with van der Waals surface area (Å²) in [5.41, 5.74) is 0. The fraction of sp³-hybridized carbons (Fsp3) is 0.900. The lowest BCUT2D eigenvalue weighted by atomic mass is 9.93. The second-order valence-electron chi connectivity index (χ2n) is 3.05. The lowest BCUT2D eigenvalue weighted by Gasteiger charge is -2.17. The van der Waals surface area contributed by atoms with E-state index in [1.54, 1.807) is 7.11 Å². The topological polar surface area (TPSA) is 26.3 Å². The van der Waals surface area contributed by atoms with Crippen molar-refractivity contribution in [2.24, 2.45) is 5.92 Å². The summed E-state index contributed by atoms with van der Waals surface area (Å²) in [6.45, 7) is 6.08. The van der Waals surface area contributed by atoms with E-state index in [0.29, 0.717) is 0 Å². The molecular formula is C10H20O2. The summed E-state index contributed by atoms with van der Waals surface area (Å²) in [6.07, 6.45) is 2.45. The van der Waals surface area contributed by atoms with E-state index in [0.717, 1.165) is 19.3 Å². The van der Waals surface area contributed by atoms with Crippen LogP contribution in [0, 0.1) is 5.92 Å². The van der Waals surface area contributed by atoms with Crippen LogP contribution in [0.25, 0.3) is 0 Å². The first kappa shape index (κ1) is 11.6. The zero-order chi connectivity index (χ0) is 9.56. The highest BCUT2D eigenvalue weighted by Crippen LogP contribution is 2.14. The second kappa shape index (κ2) is 6.18. The Kier molecular flexibility index (Phi) is 5.99. The summed E-state index contributed by atoms with van der Waals surface area (Å²) in [6, 6.07) is 0. The molecule has 1 unspecified atom stereocenters. The third kappa shape index (κ3) is 2.94. The van der Waals surface area contributed by atoms with Crippen LogP contribution in [0.2, 0.25) is 0 Å². The van der Waals surface area contributed by atoms with Crippen LogP contribution in [0.15, 0.2) is 0 Å². The predicted molar refractivity (Wildman–Crippen MR) is 50.2 cm³/mol. The molecule has 0 N–H and O–H groups in total. The van der Waals surface area contributed by atoms with Gasteiger partial charge in [0.05, 0.1) is 0 Å². The van der Waals surface area contributed by atoms with Gasteiger partial charge in [-0.25, -0.2) is 0 Å². The van der Waals surface area contributed by atoms with Crippen LogP contribution in [-0.2, 0) is 9.53 Å². The average Bonchev–Trinajstić information content (AvgIpc) is 2.09. The third-order valence-corrected chi connectivity index (χ3v) is 2.36. The number of carbonyl (C=O) groups is 1. The van der Waals surface area contributed by atoms with Crippen molar-refractivity contribution in [3.8, 4) is 0 Å². The van der Waals surface area contributed by atoms with Gasteiger partial charge in [0.25, 0.3) is 0 Å². The van der Waals surface area contributed by atoms with Crippen molar-refractivity contribution >= 4 is 5.78 Å². The predicted octanol–water partition coefficient (Wildman–Crippen LogP) is 2.42. The van der Waals surface area contributed by atoms with Gasteiger partial charge in [-0.05, 0) is 19.3 Å². The quantitative estimate of drug-likeness (QED) is 0.615. The summed E-state index contributed by atoms with van der Waals surface area (Å²) in [4.78, 5) is 11.6. The lowest BCUT2D eigenvalue weighted by molar-refractivity contribution is -0.133. The van der Waals surface area contributed by atoms with Crippen molar-refractivity contribution in [3.05, 3.63) is 0 Å². The van der Waals surface area contributed by atoms with Crippen LogP contribution in [0.5, 0.6) is 0 Å². The molecule has 0 amide bonds. The maximum absolute atomic E-state index is 11.6. The van der Waals surface area contributed by atoms with Crippen molar-refractivity contribution < 1.29 is 9.53 Å². The summed E-state index contributed by atoms with van der Waals surface area (Å²) in [7, 11) is 1.61. The molecule has 0 aromatic heterocycles. The van der Waals surface area contributed by atoms with Crippen molar-refractivity contribution in [1.82, 2.24) is 0 Å². The Labute approximate surface area is 75.3 Å². The highest BCUT2D eigenvalue weighted by molar-refractivity contribution is 5.85. The van der Waals surface area contributed by atoms with Gasteiger partial charge in [0.2, 0.25) is 0 Å². The monoisotopic (exact) mass is 172 g/mol. The molecule has 12 heavy (non-hydrogen) atoms. The fourth-order valence-corrected chi connectivity index (χ4v) is 1.44. The number of carbonyl (C=O) groups excluding carboxylic acids is 1. The molecule has 2 heteroatoms. The number of ether oxygens (including phenoxy) is 1. The van der Waals surface area contributed by atoms with E-state index in [1.807, 2.05) is 6.92 Å². The molecule has 0 aromatic carbocycles. The molecule has 0 radical (unpaired) electrons. The van der Waals surface area contributed by atoms with Gasteiger partial charge in [0.15, 0.2) is 5.78 Å². The molecule has 0 aromatic rings. The van der Waals surface area contributed by atoms with Gasteiger partial charge in [-0.3, -0.25) is 4.79 Å². The molecule has 0 aliphatic heterocycles. The van der Waals surface area contributed by atoms with Gasteiger partial charge >= 0.3 is 0 Å². The van der Waals surface area contributed by atoms with Gasteiger partial charge in [0, 0.05) is 13.0 Å². The first-order chi connectivity index (χ1) is 5.71. The van der Waals surface area contributed by atoms with Crippen LogP contribution >= 0.6 is 0 Å². The minimum absolute atomic E-state index is 0.185. The first-order valence-electron chi connectivity index (χ1n) is 4.77. The van der Waals surface area contributed by atoms with Crippen LogP contribution in [0.3, 0.4) is 0 Å². The Morgan fingerprint density at radius 3 is 1.92 bits per heavy atom. The van der Waals surface area contributed by atoms with Gasteiger partial charge in [-0.1, -0.05) is 20.8 Å². The van der Waals surface area contributed by atoms with Crippen LogP contribution < -0.4 is 0 Å². The summed E-state index contributed by atoms with van der Waals surface area (Å²) < 4.78 is 5.10. The summed E-state index contributed by atoms with van der Waals surface area (Å²) >= 11 is 0. The molecule has 0 fully saturated rings. The smallest absolute Gasteiger partial charge is 0.164 e. The standard InChI is InChI=1S/C10H20O2/c1-5-8(6-2)10(11)9(7-3)12-4/h8-9H,5-7H2,1-4H3. The molecule has 0 saturated heterocycles. The van der Waals surface area contributed by atoms with Crippen molar-refractivity contribution in [1.29, 1.82) is 0 Å². The Morgan fingerprint density at radius 1 is 1.17 bits per heavy atom. The zero-order valence-electron chi connectivity index (χ0n) is 8.59. The maximum Gasteiger partial charge on any atom is 0.164 e. The van der Waals surface area contributed by atoms with E-state index >= 15 is 0 Å². The number of Topliss-reactive ketones (excluding diaryl/α,β-unsaturated/α-hetero) is 1. The third-order valence-electron chi connectivity index (χ3n) is 2.36. The highest BCUT2D eigenvalue weighted by Gasteiger charge is 2.22. The second-order valence-corrected chi connectivity index (χ2v) is 3.05. The number of hydrogen-bond acceptors (Lipinski definition) is 2. The Bertz CT molecular complexity index is 110. The molecular weight excluding hydrogens is 152 g/mol. The number of methoxy groups -OCH3 is 1. The van der Waals surface area contributed by atoms with Crippen molar-refractivity contribution in [2.75, 3.05) is 7.11 Å². The number of rotatable bonds is 6. The molecule has 2 nitrogen and oxygen atoms in total. The number of hydrogen-bond donors (Lipinski definition) is 0. The molecule has 0 bridgehead atoms. The minimum Gasteiger partial charge on any atom is -0.374 e. The van der Waals surface area contributed by atoms with Crippen molar-refractivity contribution in [3.63, 3.8) is 0 Å². The van der Waals surface area contributed by atoms with E-state index in [9.17, 15) is 4.79 Å². The van der Waals surface area contributed by atoms with Crippen LogP contribution in [0.1, 0.15) is 40.0 Å². The molecule has 0 aliphatic carbocycles. The first-order valence-corrected chi connectivity index (χ1v) is 4.77. The fourth-order valence-electron chi connectivity index (χ4n) is 1.44. The minimum atomic E-state index is -0.185. The van der Waals surface area contributed by atoms with Gasteiger partial charge < -0.3 is 4.74 Å². The Morgan fingerprint density at radius 2 is 1.67 bits per heavy atom. The largest absolute Gasteiger partial charge is 0.374 e. The molecule has 0 saturated carbocycles. The lowest BCUT2D eigenvalue weighted by Crippen LogP contribution is -2.28. The molecule has 0 aliphatic rings. The zero-order valence-corrected chi connectivity index (χ0v) is 8.59. The SMILES string of the molecule is CCC(CC)C(=O)C(CC)OC. The Hall–Kier alpha value is -0.370. The normalized spacial score (nSPS) is 13.4. The van der Waals surface area contributed by atoms with Crippen LogP contribution in [0.4, 0.5) is 0 Å². The van der Waals surface area contributed by atoms with E-state index in [-0.39, 0.29) is 17.8 Å².